The van der Waals surface area contributed by atoms with E-state index < -0.39 is 11.7 Å². The smallest absolute Gasteiger partial charge is 0.408 e. The van der Waals surface area contributed by atoms with Crippen molar-refractivity contribution in [3.8, 4) is 0 Å². The molecule has 1 amide bonds. The Bertz CT molecular complexity index is 529. The van der Waals surface area contributed by atoms with E-state index in [0.29, 0.717) is 6.54 Å². The monoisotopic (exact) mass is 368 g/mol. The standard InChI is InChI=1S/C18H33N4O2P/c1-18(2,3)24-17(23)20-16(13-19-25)14-7-9-15(10-8-14)22(6)12-11-21(4)5/h7-10,16,19H,11-13,25H2,1-6H3,(H,20,23). The zero-order valence-electron chi connectivity index (χ0n) is 16.3. The van der Waals surface area contributed by atoms with Gasteiger partial charge >= 0.3 is 6.09 Å². The minimum atomic E-state index is -0.512. The van der Waals surface area contributed by atoms with E-state index >= 15 is 0 Å². The summed E-state index contributed by atoms with van der Waals surface area (Å²) in [6.07, 6.45) is -0.412. The molecule has 1 rings (SSSR count). The molecule has 0 aliphatic carbocycles. The molecule has 142 valence electrons. The molecule has 2 N–H and O–H groups in total. The van der Waals surface area contributed by atoms with Crippen molar-refractivity contribution < 1.29 is 9.53 Å². The van der Waals surface area contributed by atoms with Crippen molar-refractivity contribution in [2.75, 3.05) is 45.7 Å². The Morgan fingerprint density at radius 3 is 2.24 bits per heavy atom. The maximum absolute atomic E-state index is 12.1. The molecule has 1 aromatic rings. The van der Waals surface area contributed by atoms with Crippen molar-refractivity contribution in [1.82, 2.24) is 15.3 Å². The molecule has 0 aliphatic heterocycles. The van der Waals surface area contributed by atoms with Crippen LogP contribution < -0.4 is 15.3 Å². The summed E-state index contributed by atoms with van der Waals surface area (Å²) in [6, 6.07) is 8.10. The number of hydrogen-bond acceptors (Lipinski definition) is 5. The zero-order valence-corrected chi connectivity index (χ0v) is 17.5. The second-order valence-corrected chi connectivity index (χ2v) is 7.83. The van der Waals surface area contributed by atoms with Gasteiger partial charge in [-0.15, -0.1) is 0 Å². The maximum atomic E-state index is 12.1. The summed E-state index contributed by atoms with van der Waals surface area (Å²) in [5, 5.41) is 5.96. The highest BCUT2D eigenvalue weighted by Gasteiger charge is 2.20. The maximum Gasteiger partial charge on any atom is 0.408 e. The van der Waals surface area contributed by atoms with Gasteiger partial charge < -0.3 is 19.9 Å². The summed E-state index contributed by atoms with van der Waals surface area (Å²) in [5.41, 5.74) is 1.67. The first kappa shape index (κ1) is 21.7. The van der Waals surface area contributed by atoms with Gasteiger partial charge in [0.05, 0.1) is 6.04 Å². The van der Waals surface area contributed by atoms with Crippen molar-refractivity contribution in [3.05, 3.63) is 29.8 Å². The molecule has 0 heterocycles. The molecule has 7 heteroatoms. The molecule has 0 bridgehead atoms. The molecule has 2 unspecified atom stereocenters. The molecule has 1 aromatic carbocycles. The van der Waals surface area contributed by atoms with Crippen molar-refractivity contribution in [3.63, 3.8) is 0 Å². The molecule has 2 atom stereocenters. The minimum Gasteiger partial charge on any atom is -0.444 e. The highest BCUT2D eigenvalue weighted by molar-refractivity contribution is 7.13. The van der Waals surface area contributed by atoms with Gasteiger partial charge in [-0.25, -0.2) is 4.79 Å². The number of nitrogens with one attached hydrogen (secondary N) is 2. The number of hydrogen-bond donors (Lipinski definition) is 2. The molecule has 0 saturated carbocycles. The number of rotatable bonds is 8. The number of ether oxygens (including phenoxy) is 1. The summed E-state index contributed by atoms with van der Waals surface area (Å²) in [6.45, 7) is 8.12. The normalized spacial score (nSPS) is 12.8. The van der Waals surface area contributed by atoms with Gasteiger partial charge in [0.25, 0.3) is 0 Å². The quantitative estimate of drug-likeness (QED) is 0.691. The number of anilines is 1. The van der Waals surface area contributed by atoms with E-state index in [0.717, 1.165) is 24.3 Å². The van der Waals surface area contributed by atoms with Crippen molar-refractivity contribution in [2.45, 2.75) is 32.4 Å². The summed E-state index contributed by atoms with van der Waals surface area (Å²) in [4.78, 5) is 16.4. The van der Waals surface area contributed by atoms with Gasteiger partial charge in [-0.05, 0) is 52.6 Å². The van der Waals surface area contributed by atoms with Gasteiger partial charge in [0.1, 0.15) is 5.60 Å². The van der Waals surface area contributed by atoms with E-state index in [-0.39, 0.29) is 6.04 Å². The Morgan fingerprint density at radius 1 is 1.16 bits per heavy atom. The average molecular weight is 368 g/mol. The second-order valence-electron chi connectivity index (χ2n) is 7.42. The number of carbonyl (C=O) groups is 1. The summed E-state index contributed by atoms with van der Waals surface area (Å²) >= 11 is 0. The van der Waals surface area contributed by atoms with Crippen molar-refractivity contribution in [1.29, 1.82) is 0 Å². The lowest BCUT2D eigenvalue weighted by atomic mass is 10.1. The lowest BCUT2D eigenvalue weighted by Gasteiger charge is -2.25. The Balaban J connectivity index is 2.75. The third-order valence-corrected chi connectivity index (χ3v) is 3.87. The first-order valence-electron chi connectivity index (χ1n) is 8.51. The third-order valence-electron chi connectivity index (χ3n) is 3.63. The van der Waals surface area contributed by atoms with Crippen LogP contribution in [0.2, 0.25) is 0 Å². The number of nitrogens with zero attached hydrogens (tertiary/aromatic N) is 2. The third kappa shape index (κ3) is 8.52. The molecule has 0 saturated heterocycles. The number of alkyl carbamates (subject to hydrolysis) is 1. The summed E-state index contributed by atoms with van der Waals surface area (Å²) in [5.74, 6) is 0. The Labute approximate surface area is 154 Å². The molecular weight excluding hydrogens is 335 g/mol. The molecule has 0 fully saturated rings. The topological polar surface area (TPSA) is 56.8 Å². The Morgan fingerprint density at radius 2 is 1.76 bits per heavy atom. The summed E-state index contributed by atoms with van der Waals surface area (Å²) < 4.78 is 5.35. The lowest BCUT2D eigenvalue weighted by Crippen LogP contribution is -2.37. The molecular formula is C18H33N4O2P. The van der Waals surface area contributed by atoms with Crippen LogP contribution >= 0.6 is 9.39 Å². The highest BCUT2D eigenvalue weighted by Crippen LogP contribution is 2.19. The fourth-order valence-electron chi connectivity index (χ4n) is 2.26. The van der Waals surface area contributed by atoms with E-state index in [1.165, 1.54) is 0 Å². The van der Waals surface area contributed by atoms with Crippen LogP contribution in [0.3, 0.4) is 0 Å². The minimum absolute atomic E-state index is 0.159. The van der Waals surface area contributed by atoms with E-state index in [1.807, 2.05) is 32.9 Å². The van der Waals surface area contributed by atoms with Gasteiger partial charge in [-0.3, -0.25) is 5.09 Å². The first-order valence-corrected chi connectivity index (χ1v) is 9.09. The average Bonchev–Trinajstić information content (AvgIpc) is 2.50. The van der Waals surface area contributed by atoms with Crippen LogP contribution in [0.25, 0.3) is 0 Å². The van der Waals surface area contributed by atoms with Gasteiger partial charge in [-0.2, -0.15) is 0 Å². The number of likely N-dealkylation sites (N-methyl/N-ethyl adjacent to an activating group) is 2. The molecule has 0 radical (unpaired) electrons. The predicted octanol–water partition coefficient (Wildman–Crippen LogP) is 2.63. The van der Waals surface area contributed by atoms with E-state index in [2.05, 4.69) is 62.9 Å². The molecule has 6 nitrogen and oxygen atoms in total. The number of benzene rings is 1. The van der Waals surface area contributed by atoms with Gasteiger partial charge in [0, 0.05) is 32.4 Å². The lowest BCUT2D eigenvalue weighted by molar-refractivity contribution is 0.0504. The second kappa shape index (κ2) is 9.95. The van der Waals surface area contributed by atoms with Crippen molar-refractivity contribution in [2.24, 2.45) is 0 Å². The van der Waals surface area contributed by atoms with Crippen LogP contribution in [0.15, 0.2) is 24.3 Å². The van der Waals surface area contributed by atoms with Crippen LogP contribution in [-0.4, -0.2) is 57.4 Å². The zero-order chi connectivity index (χ0) is 19.0. The molecule has 0 aromatic heterocycles. The fraction of sp³-hybridized carbons (Fsp3) is 0.611. The van der Waals surface area contributed by atoms with Crippen LogP contribution in [0, 0.1) is 0 Å². The van der Waals surface area contributed by atoms with E-state index in [4.69, 9.17) is 4.74 Å². The first-order chi connectivity index (χ1) is 11.6. The van der Waals surface area contributed by atoms with E-state index in [1.54, 1.807) is 0 Å². The largest absolute Gasteiger partial charge is 0.444 e. The van der Waals surface area contributed by atoms with Crippen LogP contribution in [0.5, 0.6) is 0 Å². The summed E-state index contributed by atoms with van der Waals surface area (Å²) in [7, 11) is 8.69. The highest BCUT2D eigenvalue weighted by atomic mass is 31.0. The van der Waals surface area contributed by atoms with Crippen molar-refractivity contribution >= 4 is 21.2 Å². The van der Waals surface area contributed by atoms with Crippen LogP contribution in [0.4, 0.5) is 10.5 Å². The SMILES string of the molecule is CN(C)CCN(C)c1ccc(C(CNP)NC(=O)OC(C)(C)C)cc1. The van der Waals surface area contributed by atoms with Gasteiger partial charge in [0.2, 0.25) is 0 Å². The molecule has 0 spiro atoms. The number of carbonyl (C=O) groups excluding carboxylic acids is 1. The van der Waals surface area contributed by atoms with Crippen LogP contribution in [-0.2, 0) is 4.74 Å². The van der Waals surface area contributed by atoms with E-state index in [9.17, 15) is 4.79 Å². The van der Waals surface area contributed by atoms with Crippen LogP contribution in [0.1, 0.15) is 32.4 Å². The fourth-order valence-corrected chi connectivity index (χ4v) is 2.50. The Hall–Kier alpha value is -1.36. The predicted molar refractivity (Wildman–Crippen MR) is 108 cm³/mol. The van der Waals surface area contributed by atoms with Gasteiger partial charge in [-0.1, -0.05) is 21.5 Å². The number of amides is 1. The Kier molecular flexibility index (Phi) is 8.63. The molecule has 25 heavy (non-hydrogen) atoms. The molecule has 0 aliphatic rings. The van der Waals surface area contributed by atoms with Gasteiger partial charge in [0.15, 0.2) is 0 Å².